The molecule has 1 saturated heterocycles. The zero-order chi connectivity index (χ0) is 24.3. The van der Waals surface area contributed by atoms with Crippen LogP contribution in [-0.4, -0.2) is 63.4 Å². The molecular weight excluding hydrogens is 462 g/mol. The summed E-state index contributed by atoms with van der Waals surface area (Å²) in [5, 5.41) is 8.19. The highest BCUT2D eigenvalue weighted by atomic mass is 32.2. The van der Waals surface area contributed by atoms with Crippen LogP contribution < -0.4 is 10.6 Å². The lowest BCUT2D eigenvalue weighted by Gasteiger charge is -2.29. The minimum Gasteiger partial charge on any atom is -0.485 e. The van der Waals surface area contributed by atoms with Gasteiger partial charge in [0.2, 0.25) is 11.1 Å². The molecule has 9 nitrogen and oxygen atoms in total. The molecule has 1 aromatic heterocycles. The van der Waals surface area contributed by atoms with E-state index >= 15 is 0 Å². The number of aryl methyl sites for hydroxylation is 1. The number of benzene rings is 1. The Morgan fingerprint density at radius 1 is 1.33 bits per heavy atom. The van der Waals surface area contributed by atoms with Crippen molar-refractivity contribution in [1.82, 2.24) is 19.8 Å². The van der Waals surface area contributed by atoms with Crippen LogP contribution in [0.15, 0.2) is 23.4 Å². The van der Waals surface area contributed by atoms with Gasteiger partial charge in [0.25, 0.3) is 0 Å². The van der Waals surface area contributed by atoms with Gasteiger partial charge in [-0.05, 0) is 50.3 Å². The van der Waals surface area contributed by atoms with Gasteiger partial charge in [-0.25, -0.2) is 13.1 Å². The van der Waals surface area contributed by atoms with Crippen LogP contribution in [0.1, 0.15) is 57.0 Å². The Morgan fingerprint density at radius 2 is 2.06 bits per heavy atom. The number of aromatic nitrogens is 3. The van der Waals surface area contributed by atoms with Crippen molar-refractivity contribution in [3.8, 4) is 5.75 Å². The number of carbonyl (C=O) groups excluding carboxylic acids is 1. The third-order valence-corrected chi connectivity index (χ3v) is 8.58. The number of nitrogen functional groups attached to an aromatic ring is 1. The number of nitrogens with two attached hydrogens (primary N) is 1. The van der Waals surface area contributed by atoms with Gasteiger partial charge < -0.3 is 15.5 Å². The first-order chi connectivity index (χ1) is 15.5. The highest BCUT2D eigenvalue weighted by molar-refractivity contribution is 8.00. The van der Waals surface area contributed by atoms with E-state index in [2.05, 4.69) is 36.2 Å². The molecule has 2 aromatic rings. The molecule has 1 amide bonds. The molecule has 1 aromatic carbocycles. The maximum absolute atomic E-state index is 13.0. The van der Waals surface area contributed by atoms with Crippen molar-refractivity contribution in [2.45, 2.75) is 70.0 Å². The summed E-state index contributed by atoms with van der Waals surface area (Å²) in [6, 6.07) is 5.83. The Kier molecular flexibility index (Phi) is 7.94. The topological polar surface area (TPSA) is 120 Å². The zero-order valence-corrected chi connectivity index (χ0v) is 21.4. The first-order valence-corrected chi connectivity index (χ1v) is 13.8. The molecule has 1 aliphatic heterocycles. The Bertz CT molecular complexity index is 1100. The highest BCUT2D eigenvalue weighted by Crippen LogP contribution is 2.29. The number of ether oxygens (including phenoxy) is 1. The van der Waals surface area contributed by atoms with E-state index in [1.165, 1.54) is 16.4 Å². The number of rotatable bonds is 9. The molecule has 2 heterocycles. The molecule has 3 rings (SSSR count). The number of carbonyl (C=O) groups is 1. The zero-order valence-electron chi connectivity index (χ0n) is 19.8. The fraction of sp³-hybridized carbons (Fsp3) is 0.591. The standard InChI is InChI=1S/C22H33N5O4S2/c1-6-26(17-9-10-33(29,30)13-17)21(28)16(5)32-22-25-24-20(27(22)23)12-31-19-11-15(4)7-8-18(19)14(2)3/h7-8,11,14,16-17H,6,9-10,12-13,23H2,1-5H3. The summed E-state index contributed by atoms with van der Waals surface area (Å²) in [7, 11) is -3.07. The maximum atomic E-state index is 13.0. The van der Waals surface area contributed by atoms with Gasteiger partial charge >= 0.3 is 0 Å². The Labute approximate surface area is 200 Å². The highest BCUT2D eigenvalue weighted by Gasteiger charge is 2.35. The van der Waals surface area contributed by atoms with Crippen LogP contribution in [0.5, 0.6) is 5.75 Å². The van der Waals surface area contributed by atoms with Gasteiger partial charge in [-0.2, -0.15) is 0 Å². The third kappa shape index (κ3) is 6.00. The number of sulfone groups is 1. The van der Waals surface area contributed by atoms with Crippen molar-refractivity contribution in [3.63, 3.8) is 0 Å². The molecule has 33 heavy (non-hydrogen) atoms. The fourth-order valence-corrected chi connectivity index (χ4v) is 6.52. The minimum absolute atomic E-state index is 0.0237. The average Bonchev–Trinajstić information content (AvgIpc) is 3.28. The average molecular weight is 496 g/mol. The van der Waals surface area contributed by atoms with Gasteiger partial charge in [0.1, 0.15) is 12.4 Å². The quantitative estimate of drug-likeness (QED) is 0.416. The van der Waals surface area contributed by atoms with Crippen LogP contribution >= 0.6 is 11.8 Å². The van der Waals surface area contributed by atoms with Gasteiger partial charge in [0.05, 0.1) is 16.8 Å². The SMILES string of the molecule is CCN(C(=O)C(C)Sc1nnc(COc2cc(C)ccc2C(C)C)n1N)C1CCS(=O)(=O)C1. The van der Waals surface area contributed by atoms with Gasteiger partial charge in [-0.3, -0.25) is 4.79 Å². The summed E-state index contributed by atoms with van der Waals surface area (Å²) in [5.41, 5.74) is 2.20. The summed E-state index contributed by atoms with van der Waals surface area (Å²) in [6.07, 6.45) is 0.477. The molecule has 0 bridgehead atoms. The summed E-state index contributed by atoms with van der Waals surface area (Å²) in [5.74, 6) is 7.76. The van der Waals surface area contributed by atoms with Crippen LogP contribution in [0.3, 0.4) is 0 Å². The molecule has 2 N–H and O–H groups in total. The summed E-state index contributed by atoms with van der Waals surface area (Å²) >= 11 is 1.20. The lowest BCUT2D eigenvalue weighted by Crippen LogP contribution is -2.44. The van der Waals surface area contributed by atoms with E-state index in [0.717, 1.165) is 16.9 Å². The lowest BCUT2D eigenvalue weighted by molar-refractivity contribution is -0.131. The molecule has 0 saturated carbocycles. The minimum atomic E-state index is -3.07. The van der Waals surface area contributed by atoms with Crippen molar-refractivity contribution in [3.05, 3.63) is 35.2 Å². The van der Waals surface area contributed by atoms with Crippen molar-refractivity contribution in [2.24, 2.45) is 0 Å². The second-order valence-electron chi connectivity index (χ2n) is 8.69. The largest absolute Gasteiger partial charge is 0.485 e. The second kappa shape index (κ2) is 10.3. The molecule has 1 aliphatic rings. The Morgan fingerprint density at radius 3 is 2.67 bits per heavy atom. The van der Waals surface area contributed by atoms with Crippen LogP contribution in [0, 0.1) is 6.92 Å². The molecule has 182 valence electrons. The van der Waals surface area contributed by atoms with Crippen molar-refractivity contribution < 1.29 is 17.9 Å². The van der Waals surface area contributed by atoms with E-state index in [1.807, 2.05) is 19.9 Å². The normalized spacial score (nSPS) is 18.4. The lowest BCUT2D eigenvalue weighted by atomic mass is 10.0. The third-order valence-electron chi connectivity index (χ3n) is 5.79. The molecule has 0 aliphatic carbocycles. The number of hydrogen-bond acceptors (Lipinski definition) is 8. The first-order valence-electron chi connectivity index (χ1n) is 11.1. The number of thioether (sulfide) groups is 1. The van der Waals surface area contributed by atoms with Crippen molar-refractivity contribution in [2.75, 3.05) is 23.9 Å². The van der Waals surface area contributed by atoms with E-state index in [-0.39, 0.29) is 30.1 Å². The van der Waals surface area contributed by atoms with Crippen molar-refractivity contribution >= 4 is 27.5 Å². The van der Waals surface area contributed by atoms with E-state index in [4.69, 9.17) is 10.6 Å². The monoisotopic (exact) mass is 495 g/mol. The van der Waals surface area contributed by atoms with Crippen LogP contribution in [0.4, 0.5) is 0 Å². The summed E-state index contributed by atoms with van der Waals surface area (Å²) < 4.78 is 31.0. The molecule has 0 spiro atoms. The molecule has 1 fully saturated rings. The first kappa shape index (κ1) is 25.4. The van der Waals surface area contributed by atoms with Crippen LogP contribution in [-0.2, 0) is 21.2 Å². The van der Waals surface area contributed by atoms with E-state index in [0.29, 0.717) is 29.9 Å². The second-order valence-corrected chi connectivity index (χ2v) is 12.2. The Hall–Kier alpha value is -2.27. The summed E-state index contributed by atoms with van der Waals surface area (Å²) in [4.78, 5) is 14.7. The maximum Gasteiger partial charge on any atom is 0.236 e. The smallest absolute Gasteiger partial charge is 0.236 e. The van der Waals surface area contributed by atoms with Gasteiger partial charge in [-0.1, -0.05) is 37.7 Å². The molecule has 2 unspecified atom stereocenters. The fourth-order valence-electron chi connectivity index (χ4n) is 3.93. The van der Waals surface area contributed by atoms with Crippen LogP contribution in [0.25, 0.3) is 0 Å². The number of nitrogens with zero attached hydrogens (tertiary/aromatic N) is 4. The number of amides is 1. The molecular formula is C22H33N5O4S2. The number of hydrogen-bond donors (Lipinski definition) is 1. The molecule has 11 heteroatoms. The van der Waals surface area contributed by atoms with Crippen LogP contribution in [0.2, 0.25) is 0 Å². The predicted octanol–water partition coefficient (Wildman–Crippen LogP) is 2.52. The molecule has 0 radical (unpaired) electrons. The summed E-state index contributed by atoms with van der Waals surface area (Å²) in [6.45, 7) is 10.5. The van der Waals surface area contributed by atoms with E-state index in [1.54, 1.807) is 11.8 Å². The molecule has 2 atom stereocenters. The predicted molar refractivity (Wildman–Crippen MR) is 130 cm³/mol. The van der Waals surface area contributed by atoms with Crippen molar-refractivity contribution in [1.29, 1.82) is 0 Å². The Balaban J connectivity index is 1.66. The van der Waals surface area contributed by atoms with E-state index in [9.17, 15) is 13.2 Å². The van der Waals surface area contributed by atoms with E-state index < -0.39 is 15.1 Å². The van der Waals surface area contributed by atoms with Gasteiger partial charge in [0, 0.05) is 12.6 Å². The van der Waals surface area contributed by atoms with Gasteiger partial charge in [-0.15, -0.1) is 10.2 Å². The van der Waals surface area contributed by atoms with Gasteiger partial charge in [0.15, 0.2) is 15.7 Å².